The number of rotatable bonds is 4. The third-order valence-corrected chi connectivity index (χ3v) is 3.57. The molecule has 0 bridgehead atoms. The summed E-state index contributed by atoms with van der Waals surface area (Å²) in [5.74, 6) is -0.551. The summed E-state index contributed by atoms with van der Waals surface area (Å²) in [4.78, 5) is 13.8. The fourth-order valence-electron chi connectivity index (χ4n) is 1.80. The van der Waals surface area contributed by atoms with E-state index in [0.29, 0.717) is 11.3 Å². The van der Waals surface area contributed by atoms with Crippen molar-refractivity contribution >= 4 is 17.5 Å². The first-order chi connectivity index (χ1) is 9.49. The van der Waals surface area contributed by atoms with Gasteiger partial charge in [-0.05, 0) is 24.6 Å². The summed E-state index contributed by atoms with van der Waals surface area (Å²) in [6.07, 6.45) is 1.57. The first-order valence-corrected chi connectivity index (χ1v) is 6.46. The Hall–Kier alpha value is -1.88. The largest absolute Gasteiger partial charge is 0.364 e. The van der Waals surface area contributed by atoms with Gasteiger partial charge in [0.15, 0.2) is 0 Å². The van der Waals surface area contributed by atoms with E-state index in [-0.39, 0.29) is 23.4 Å². The molecule has 0 unspecified atom stereocenters. The summed E-state index contributed by atoms with van der Waals surface area (Å²) in [5.41, 5.74) is 1.27. The smallest absolute Gasteiger partial charge is 0.227 e. The fraction of sp³-hybridized carbons (Fsp3) is 0.286. The number of amides is 1. The quantitative estimate of drug-likeness (QED) is 0.870. The lowest BCUT2D eigenvalue weighted by atomic mass is 10.1. The van der Waals surface area contributed by atoms with Crippen LogP contribution in [0.3, 0.4) is 0 Å². The number of hydrogen-bond acceptors (Lipinski definition) is 3. The normalized spacial score (nSPS) is 12.2. The fourth-order valence-corrected chi connectivity index (χ4v) is 2.04. The number of nitrogens with zero attached hydrogens (tertiary/aromatic N) is 2. The molecule has 0 aliphatic rings. The van der Waals surface area contributed by atoms with E-state index in [1.54, 1.807) is 18.0 Å². The van der Waals surface area contributed by atoms with Gasteiger partial charge in [-0.1, -0.05) is 22.8 Å². The zero-order chi connectivity index (χ0) is 14.7. The van der Waals surface area contributed by atoms with Crippen LogP contribution < -0.4 is 0 Å². The SMILES string of the molecule is C[C@H](c1ccon1)N(C)C(=O)Cc1ccc(F)cc1Cl. The molecule has 0 radical (unpaired) electrons. The maximum atomic E-state index is 13.0. The van der Waals surface area contributed by atoms with E-state index in [9.17, 15) is 9.18 Å². The van der Waals surface area contributed by atoms with Crippen molar-refractivity contribution in [1.29, 1.82) is 0 Å². The molecule has 0 N–H and O–H groups in total. The second-order valence-corrected chi connectivity index (χ2v) is 4.92. The van der Waals surface area contributed by atoms with E-state index in [2.05, 4.69) is 5.16 Å². The Morgan fingerprint density at radius 1 is 1.50 bits per heavy atom. The molecule has 1 atom stereocenters. The van der Waals surface area contributed by atoms with Crippen molar-refractivity contribution in [1.82, 2.24) is 10.1 Å². The minimum Gasteiger partial charge on any atom is -0.364 e. The van der Waals surface area contributed by atoms with Gasteiger partial charge in [-0.3, -0.25) is 4.79 Å². The lowest BCUT2D eigenvalue weighted by Gasteiger charge is -2.23. The summed E-state index contributed by atoms with van der Waals surface area (Å²) in [7, 11) is 1.68. The molecule has 20 heavy (non-hydrogen) atoms. The summed E-state index contributed by atoms with van der Waals surface area (Å²) < 4.78 is 17.7. The molecule has 0 fully saturated rings. The number of halogens is 2. The Balaban J connectivity index is 2.08. The van der Waals surface area contributed by atoms with Gasteiger partial charge < -0.3 is 9.42 Å². The minimum atomic E-state index is -0.421. The van der Waals surface area contributed by atoms with Gasteiger partial charge in [-0.15, -0.1) is 0 Å². The van der Waals surface area contributed by atoms with Crippen molar-refractivity contribution in [3.63, 3.8) is 0 Å². The summed E-state index contributed by atoms with van der Waals surface area (Å²) >= 11 is 5.92. The lowest BCUT2D eigenvalue weighted by Crippen LogP contribution is -2.31. The van der Waals surface area contributed by atoms with Gasteiger partial charge in [0.25, 0.3) is 0 Å². The molecule has 0 aliphatic heterocycles. The number of carbonyl (C=O) groups excluding carboxylic acids is 1. The molecule has 2 aromatic rings. The minimum absolute atomic E-state index is 0.109. The monoisotopic (exact) mass is 296 g/mol. The van der Waals surface area contributed by atoms with Crippen molar-refractivity contribution in [2.24, 2.45) is 0 Å². The first kappa shape index (κ1) is 14.5. The Labute approximate surface area is 121 Å². The van der Waals surface area contributed by atoms with Crippen LogP contribution in [0.1, 0.15) is 24.2 Å². The zero-order valence-electron chi connectivity index (χ0n) is 11.1. The second kappa shape index (κ2) is 6.05. The van der Waals surface area contributed by atoms with Crippen molar-refractivity contribution < 1.29 is 13.7 Å². The standard InChI is InChI=1S/C14H14ClFN2O2/c1-9(13-5-6-20-17-13)18(2)14(19)7-10-3-4-11(16)8-12(10)15/h3-6,8-9H,7H2,1-2H3/t9-/m1/s1. The van der Waals surface area contributed by atoms with Crippen LogP contribution in [0.4, 0.5) is 4.39 Å². The van der Waals surface area contributed by atoms with E-state index in [0.717, 1.165) is 0 Å². The number of benzene rings is 1. The molecule has 0 saturated heterocycles. The van der Waals surface area contributed by atoms with Crippen LogP contribution in [0.2, 0.25) is 5.02 Å². The van der Waals surface area contributed by atoms with Crippen molar-refractivity contribution in [2.75, 3.05) is 7.05 Å². The van der Waals surface area contributed by atoms with Crippen molar-refractivity contribution in [3.05, 3.63) is 52.6 Å². The van der Waals surface area contributed by atoms with E-state index in [4.69, 9.17) is 16.1 Å². The van der Waals surface area contributed by atoms with Crippen LogP contribution in [0, 0.1) is 5.82 Å². The molecule has 1 amide bonds. The maximum Gasteiger partial charge on any atom is 0.227 e. The van der Waals surface area contributed by atoms with Gasteiger partial charge in [0.05, 0.1) is 12.5 Å². The molecular formula is C14H14ClFN2O2. The highest BCUT2D eigenvalue weighted by atomic mass is 35.5. The van der Waals surface area contributed by atoms with Gasteiger partial charge in [-0.25, -0.2) is 4.39 Å². The second-order valence-electron chi connectivity index (χ2n) is 4.52. The van der Waals surface area contributed by atoms with Gasteiger partial charge >= 0.3 is 0 Å². The molecule has 0 spiro atoms. The first-order valence-electron chi connectivity index (χ1n) is 6.09. The Morgan fingerprint density at radius 2 is 2.25 bits per heavy atom. The highest BCUT2D eigenvalue weighted by molar-refractivity contribution is 6.31. The van der Waals surface area contributed by atoms with E-state index < -0.39 is 5.82 Å². The van der Waals surface area contributed by atoms with Crippen molar-refractivity contribution in [2.45, 2.75) is 19.4 Å². The molecule has 2 rings (SSSR count). The Morgan fingerprint density at radius 3 is 2.85 bits per heavy atom. The Bertz CT molecular complexity index is 601. The molecule has 0 aliphatic carbocycles. The topological polar surface area (TPSA) is 46.3 Å². The maximum absolute atomic E-state index is 13.0. The van der Waals surface area contributed by atoms with E-state index in [1.165, 1.54) is 24.5 Å². The molecule has 1 aromatic carbocycles. The molecule has 1 aromatic heterocycles. The van der Waals surface area contributed by atoms with Gasteiger partial charge in [0, 0.05) is 18.1 Å². The third kappa shape index (κ3) is 3.17. The number of carbonyl (C=O) groups is 1. The van der Waals surface area contributed by atoms with Crippen LogP contribution >= 0.6 is 11.6 Å². The predicted molar refractivity (Wildman–Crippen MR) is 72.8 cm³/mol. The molecular weight excluding hydrogens is 283 g/mol. The molecule has 1 heterocycles. The third-order valence-electron chi connectivity index (χ3n) is 3.22. The highest BCUT2D eigenvalue weighted by Crippen LogP contribution is 2.21. The summed E-state index contributed by atoms with van der Waals surface area (Å²) in [6, 6.07) is 5.50. The molecule has 6 heteroatoms. The van der Waals surface area contributed by atoms with Gasteiger partial charge in [0.1, 0.15) is 17.8 Å². The summed E-state index contributed by atoms with van der Waals surface area (Å²) in [6.45, 7) is 1.85. The van der Waals surface area contributed by atoms with Gasteiger partial charge in [-0.2, -0.15) is 0 Å². The molecule has 106 valence electrons. The van der Waals surface area contributed by atoms with Crippen LogP contribution in [0.5, 0.6) is 0 Å². The average Bonchev–Trinajstić information content (AvgIpc) is 2.94. The van der Waals surface area contributed by atoms with Crippen LogP contribution in [-0.2, 0) is 11.2 Å². The summed E-state index contributed by atoms with van der Waals surface area (Å²) in [5, 5.41) is 4.06. The van der Waals surface area contributed by atoms with Gasteiger partial charge in [0.2, 0.25) is 5.91 Å². The van der Waals surface area contributed by atoms with Crippen LogP contribution in [0.15, 0.2) is 35.1 Å². The number of aromatic nitrogens is 1. The van der Waals surface area contributed by atoms with E-state index in [1.807, 2.05) is 6.92 Å². The van der Waals surface area contributed by atoms with E-state index >= 15 is 0 Å². The highest BCUT2D eigenvalue weighted by Gasteiger charge is 2.20. The lowest BCUT2D eigenvalue weighted by molar-refractivity contribution is -0.131. The zero-order valence-corrected chi connectivity index (χ0v) is 11.9. The number of likely N-dealkylation sites (N-methyl/N-ethyl adjacent to an activating group) is 1. The molecule has 0 saturated carbocycles. The average molecular weight is 297 g/mol. The molecule has 4 nitrogen and oxygen atoms in total. The van der Waals surface area contributed by atoms with Crippen LogP contribution in [-0.4, -0.2) is 23.0 Å². The van der Waals surface area contributed by atoms with Crippen molar-refractivity contribution in [3.8, 4) is 0 Å². The number of hydrogen-bond donors (Lipinski definition) is 0. The Kier molecular flexibility index (Phi) is 4.39. The predicted octanol–water partition coefficient (Wildman–Crippen LogP) is 3.23. The van der Waals surface area contributed by atoms with Crippen LogP contribution in [0.25, 0.3) is 0 Å².